The molecular formula is C10H15NO3. The van der Waals surface area contributed by atoms with Crippen molar-refractivity contribution >= 4 is 11.9 Å². The fourth-order valence-corrected chi connectivity index (χ4v) is 2.09. The molecule has 0 aromatic rings. The lowest BCUT2D eigenvalue weighted by Crippen LogP contribution is -2.44. The Morgan fingerprint density at radius 2 is 1.86 bits per heavy atom. The number of hydrogen-bond acceptors (Lipinski definition) is 2. The third kappa shape index (κ3) is 1.74. The number of carbonyl (C=O) groups excluding carboxylic acids is 1. The second-order valence-corrected chi connectivity index (χ2v) is 4.57. The molecule has 78 valence electrons. The molecule has 0 bridgehead atoms. The summed E-state index contributed by atoms with van der Waals surface area (Å²) < 4.78 is 0. The number of amides is 1. The van der Waals surface area contributed by atoms with Crippen LogP contribution < -0.4 is 5.32 Å². The minimum atomic E-state index is -0.841. The van der Waals surface area contributed by atoms with Crippen LogP contribution in [0.15, 0.2) is 0 Å². The first-order valence-corrected chi connectivity index (χ1v) is 5.11. The Morgan fingerprint density at radius 3 is 2.29 bits per heavy atom. The monoisotopic (exact) mass is 197 g/mol. The number of carboxylic acid groups (broad SMARTS) is 1. The van der Waals surface area contributed by atoms with Gasteiger partial charge in [0.15, 0.2) is 0 Å². The number of hydrogen-bond donors (Lipinski definition) is 2. The summed E-state index contributed by atoms with van der Waals surface area (Å²) in [7, 11) is 0. The molecule has 2 fully saturated rings. The third-order valence-electron chi connectivity index (χ3n) is 3.16. The molecular weight excluding hydrogens is 182 g/mol. The Morgan fingerprint density at radius 1 is 1.21 bits per heavy atom. The van der Waals surface area contributed by atoms with Gasteiger partial charge in [-0.15, -0.1) is 0 Å². The van der Waals surface area contributed by atoms with Gasteiger partial charge in [-0.2, -0.15) is 0 Å². The highest BCUT2D eigenvalue weighted by atomic mass is 16.4. The Labute approximate surface area is 82.7 Å². The van der Waals surface area contributed by atoms with Gasteiger partial charge in [0.1, 0.15) is 0 Å². The average Bonchev–Trinajstić information content (AvgIpc) is 2.79. The molecule has 4 nitrogen and oxygen atoms in total. The number of carbonyl (C=O) groups is 2. The highest BCUT2D eigenvalue weighted by Gasteiger charge is 2.49. The largest absolute Gasteiger partial charge is 0.481 e. The fraction of sp³-hybridized carbons (Fsp3) is 0.800. The molecule has 4 heteroatoms. The van der Waals surface area contributed by atoms with Crippen molar-refractivity contribution in [3.63, 3.8) is 0 Å². The van der Waals surface area contributed by atoms with Gasteiger partial charge in [-0.1, -0.05) is 6.92 Å². The zero-order chi connectivity index (χ0) is 10.3. The molecule has 2 atom stereocenters. The van der Waals surface area contributed by atoms with E-state index >= 15 is 0 Å². The predicted octanol–water partition coefficient (Wildman–Crippen LogP) is 0.622. The summed E-state index contributed by atoms with van der Waals surface area (Å²) in [6.45, 7) is 2.15. The molecule has 2 aliphatic rings. The van der Waals surface area contributed by atoms with E-state index < -0.39 is 11.9 Å². The molecule has 0 aromatic carbocycles. The molecule has 2 aliphatic carbocycles. The smallest absolute Gasteiger partial charge is 0.307 e. The summed E-state index contributed by atoms with van der Waals surface area (Å²) in [4.78, 5) is 22.0. The highest BCUT2D eigenvalue weighted by Crippen LogP contribution is 2.39. The number of aliphatic carboxylic acids is 1. The Hall–Kier alpha value is -1.06. The van der Waals surface area contributed by atoms with Crippen LogP contribution in [-0.2, 0) is 9.59 Å². The van der Waals surface area contributed by atoms with Crippen LogP contribution in [0.5, 0.6) is 0 Å². The van der Waals surface area contributed by atoms with Gasteiger partial charge < -0.3 is 10.4 Å². The summed E-state index contributed by atoms with van der Waals surface area (Å²) in [5.74, 6) is -0.882. The molecule has 1 amide bonds. The van der Waals surface area contributed by atoms with Crippen LogP contribution in [0.3, 0.4) is 0 Å². The van der Waals surface area contributed by atoms with E-state index in [1.807, 2.05) is 0 Å². The fourth-order valence-electron chi connectivity index (χ4n) is 2.09. The Bertz CT molecular complexity index is 271. The maximum Gasteiger partial charge on any atom is 0.307 e. The average molecular weight is 197 g/mol. The molecule has 0 heterocycles. The van der Waals surface area contributed by atoms with E-state index in [1.165, 1.54) is 0 Å². The van der Waals surface area contributed by atoms with Crippen LogP contribution in [0.2, 0.25) is 0 Å². The first-order valence-electron chi connectivity index (χ1n) is 5.11. The minimum absolute atomic E-state index is 0.0608. The third-order valence-corrected chi connectivity index (χ3v) is 3.16. The van der Waals surface area contributed by atoms with Crippen molar-refractivity contribution in [2.45, 2.75) is 32.2 Å². The Kier molecular flexibility index (Phi) is 2.21. The van der Waals surface area contributed by atoms with Crippen molar-refractivity contribution in [2.24, 2.45) is 17.8 Å². The van der Waals surface area contributed by atoms with E-state index in [0.717, 1.165) is 12.8 Å². The standard InChI is InChI=1S/C10H15NO3/c1-5-2-6(3-5)11-9(12)7-4-8(7)10(13)14/h5-8H,2-4H2,1H3,(H,11,12)(H,13,14). The van der Waals surface area contributed by atoms with Crippen molar-refractivity contribution in [1.29, 1.82) is 0 Å². The van der Waals surface area contributed by atoms with Crippen molar-refractivity contribution < 1.29 is 14.7 Å². The van der Waals surface area contributed by atoms with Gasteiger partial charge in [0.05, 0.1) is 11.8 Å². The predicted molar refractivity (Wildman–Crippen MR) is 49.6 cm³/mol. The molecule has 0 radical (unpaired) electrons. The molecule has 0 saturated heterocycles. The zero-order valence-electron chi connectivity index (χ0n) is 8.19. The lowest BCUT2D eigenvalue weighted by molar-refractivity contribution is -0.140. The van der Waals surface area contributed by atoms with E-state index in [2.05, 4.69) is 12.2 Å². The van der Waals surface area contributed by atoms with Gasteiger partial charge in [0, 0.05) is 6.04 Å². The second-order valence-electron chi connectivity index (χ2n) is 4.57. The molecule has 2 saturated carbocycles. The van der Waals surface area contributed by atoms with Crippen LogP contribution in [0.25, 0.3) is 0 Å². The summed E-state index contributed by atoms with van der Waals surface area (Å²) in [6, 6.07) is 0.299. The lowest BCUT2D eigenvalue weighted by Gasteiger charge is -2.33. The van der Waals surface area contributed by atoms with Crippen LogP contribution in [0, 0.1) is 17.8 Å². The summed E-state index contributed by atoms with van der Waals surface area (Å²) in [5, 5.41) is 11.5. The number of carboxylic acids is 1. The van der Waals surface area contributed by atoms with Crippen molar-refractivity contribution in [2.75, 3.05) is 0 Å². The van der Waals surface area contributed by atoms with Gasteiger partial charge in [0.2, 0.25) is 5.91 Å². The van der Waals surface area contributed by atoms with Crippen LogP contribution in [-0.4, -0.2) is 23.0 Å². The SMILES string of the molecule is CC1CC(NC(=O)C2CC2C(=O)O)C1. The topological polar surface area (TPSA) is 66.4 Å². The lowest BCUT2D eigenvalue weighted by atomic mass is 9.82. The number of nitrogens with one attached hydrogen (secondary N) is 1. The van der Waals surface area contributed by atoms with E-state index in [9.17, 15) is 9.59 Å². The van der Waals surface area contributed by atoms with Gasteiger partial charge >= 0.3 is 5.97 Å². The maximum atomic E-state index is 11.5. The summed E-state index contributed by atoms with van der Waals surface area (Å²) in [5.41, 5.74) is 0. The van der Waals surface area contributed by atoms with Crippen LogP contribution in [0.1, 0.15) is 26.2 Å². The van der Waals surface area contributed by atoms with E-state index in [4.69, 9.17) is 5.11 Å². The minimum Gasteiger partial charge on any atom is -0.481 e. The van der Waals surface area contributed by atoms with Gasteiger partial charge in [-0.25, -0.2) is 0 Å². The first-order chi connectivity index (χ1) is 6.58. The Balaban J connectivity index is 1.73. The first kappa shape index (κ1) is 9.49. The van der Waals surface area contributed by atoms with Crippen molar-refractivity contribution in [3.05, 3.63) is 0 Å². The summed E-state index contributed by atoms with van der Waals surface area (Å²) in [6.07, 6.45) is 2.59. The number of rotatable bonds is 3. The molecule has 0 spiro atoms. The molecule has 2 N–H and O–H groups in total. The normalized spacial score (nSPS) is 39.8. The van der Waals surface area contributed by atoms with Crippen LogP contribution in [0.4, 0.5) is 0 Å². The van der Waals surface area contributed by atoms with Crippen molar-refractivity contribution in [3.8, 4) is 0 Å². The quantitative estimate of drug-likeness (QED) is 0.697. The molecule has 2 rings (SSSR count). The maximum absolute atomic E-state index is 11.5. The van der Waals surface area contributed by atoms with Crippen LogP contribution >= 0.6 is 0 Å². The van der Waals surface area contributed by atoms with Gasteiger partial charge in [-0.3, -0.25) is 9.59 Å². The van der Waals surface area contributed by atoms with E-state index in [1.54, 1.807) is 0 Å². The second kappa shape index (κ2) is 3.26. The van der Waals surface area contributed by atoms with E-state index in [-0.39, 0.29) is 11.8 Å². The van der Waals surface area contributed by atoms with Gasteiger partial charge in [-0.05, 0) is 25.2 Å². The van der Waals surface area contributed by atoms with Crippen molar-refractivity contribution in [1.82, 2.24) is 5.32 Å². The highest BCUT2D eigenvalue weighted by molar-refractivity contribution is 5.89. The van der Waals surface area contributed by atoms with E-state index in [0.29, 0.717) is 18.4 Å². The molecule has 2 unspecified atom stereocenters. The van der Waals surface area contributed by atoms with Gasteiger partial charge in [0.25, 0.3) is 0 Å². The molecule has 0 aliphatic heterocycles. The zero-order valence-corrected chi connectivity index (χ0v) is 8.19. The molecule has 0 aromatic heterocycles. The summed E-state index contributed by atoms with van der Waals surface area (Å²) >= 11 is 0. The molecule has 14 heavy (non-hydrogen) atoms.